The van der Waals surface area contributed by atoms with E-state index in [2.05, 4.69) is 17.4 Å². The molecule has 0 aromatic heterocycles. The van der Waals surface area contributed by atoms with Gasteiger partial charge >= 0.3 is 0 Å². The van der Waals surface area contributed by atoms with Crippen molar-refractivity contribution in [3.63, 3.8) is 0 Å². The first-order valence-corrected chi connectivity index (χ1v) is 5.71. The van der Waals surface area contributed by atoms with Crippen LogP contribution in [-0.2, 0) is 9.53 Å². The van der Waals surface area contributed by atoms with Gasteiger partial charge in [-0.15, -0.1) is 12.4 Å². The summed E-state index contributed by atoms with van der Waals surface area (Å²) in [4.78, 5) is 10.9. The van der Waals surface area contributed by atoms with Crippen LogP contribution in [0.4, 0.5) is 5.69 Å². The van der Waals surface area contributed by atoms with Crippen LogP contribution >= 0.6 is 12.4 Å². The van der Waals surface area contributed by atoms with Gasteiger partial charge < -0.3 is 10.1 Å². The van der Waals surface area contributed by atoms with Crippen LogP contribution in [0.25, 0.3) is 0 Å². The summed E-state index contributed by atoms with van der Waals surface area (Å²) in [6, 6.07) is 8.13. The lowest BCUT2D eigenvalue weighted by molar-refractivity contribution is -0.114. The molecule has 1 saturated heterocycles. The second kappa shape index (κ2) is 6.62. The molecule has 1 aromatic rings. The molecule has 2 rings (SSSR count). The first-order valence-electron chi connectivity index (χ1n) is 5.71. The van der Waals surface area contributed by atoms with Gasteiger partial charge in [0.2, 0.25) is 5.91 Å². The van der Waals surface area contributed by atoms with E-state index in [0.717, 1.165) is 31.7 Å². The number of amides is 1. The fraction of sp³-hybridized carbons (Fsp3) is 0.462. The molecule has 3 nitrogen and oxygen atoms in total. The molecule has 0 aliphatic carbocycles. The zero-order chi connectivity index (χ0) is 11.4. The standard InChI is InChI=1S/C13H17NO2.ClH/c1-10(15)14-13-4-2-11(3-5-13)12-6-8-16-9-7-12;/h2-5,12H,6-9H2,1H3,(H,14,15);1H. The molecule has 0 bridgehead atoms. The number of rotatable bonds is 2. The van der Waals surface area contributed by atoms with Crippen molar-refractivity contribution in [2.75, 3.05) is 18.5 Å². The molecule has 0 radical (unpaired) electrons. The van der Waals surface area contributed by atoms with Crippen molar-refractivity contribution in [3.05, 3.63) is 29.8 Å². The van der Waals surface area contributed by atoms with Crippen LogP contribution < -0.4 is 5.32 Å². The van der Waals surface area contributed by atoms with Crippen molar-refractivity contribution in [2.45, 2.75) is 25.7 Å². The first-order chi connectivity index (χ1) is 7.75. The molecule has 17 heavy (non-hydrogen) atoms. The zero-order valence-corrected chi connectivity index (χ0v) is 10.8. The third-order valence-corrected chi connectivity index (χ3v) is 2.92. The number of benzene rings is 1. The zero-order valence-electron chi connectivity index (χ0n) is 9.94. The molecule has 1 aromatic carbocycles. The highest BCUT2D eigenvalue weighted by atomic mass is 35.5. The van der Waals surface area contributed by atoms with E-state index in [1.165, 1.54) is 12.5 Å². The van der Waals surface area contributed by atoms with E-state index in [4.69, 9.17) is 4.74 Å². The van der Waals surface area contributed by atoms with Crippen molar-refractivity contribution in [3.8, 4) is 0 Å². The topological polar surface area (TPSA) is 38.3 Å². The molecule has 1 fully saturated rings. The molecule has 1 amide bonds. The summed E-state index contributed by atoms with van der Waals surface area (Å²) in [5.74, 6) is 0.582. The lowest BCUT2D eigenvalue weighted by atomic mass is 9.92. The third-order valence-electron chi connectivity index (χ3n) is 2.92. The van der Waals surface area contributed by atoms with Crippen molar-refractivity contribution in [1.82, 2.24) is 0 Å². The van der Waals surface area contributed by atoms with Gasteiger partial charge in [0.15, 0.2) is 0 Å². The van der Waals surface area contributed by atoms with Gasteiger partial charge in [0.1, 0.15) is 0 Å². The van der Waals surface area contributed by atoms with E-state index in [-0.39, 0.29) is 18.3 Å². The van der Waals surface area contributed by atoms with Crippen molar-refractivity contribution in [2.24, 2.45) is 0 Å². The summed E-state index contributed by atoms with van der Waals surface area (Å²) in [6.07, 6.45) is 2.19. The van der Waals surface area contributed by atoms with E-state index >= 15 is 0 Å². The molecule has 1 heterocycles. The minimum Gasteiger partial charge on any atom is -0.381 e. The average molecular weight is 256 g/mol. The Balaban J connectivity index is 0.00000144. The minimum absolute atomic E-state index is 0. The van der Waals surface area contributed by atoms with Crippen LogP contribution in [0.5, 0.6) is 0 Å². The Morgan fingerprint density at radius 3 is 2.35 bits per heavy atom. The Bertz CT molecular complexity index is 358. The summed E-state index contributed by atoms with van der Waals surface area (Å²) in [5, 5.41) is 2.77. The van der Waals surface area contributed by atoms with Gasteiger partial charge in [-0.25, -0.2) is 0 Å². The number of hydrogen-bond acceptors (Lipinski definition) is 2. The monoisotopic (exact) mass is 255 g/mol. The molecule has 0 unspecified atom stereocenters. The minimum atomic E-state index is -0.0289. The van der Waals surface area contributed by atoms with Gasteiger partial charge in [-0.05, 0) is 36.5 Å². The van der Waals surface area contributed by atoms with Gasteiger partial charge in [-0.2, -0.15) is 0 Å². The highest BCUT2D eigenvalue weighted by molar-refractivity contribution is 5.88. The molecule has 1 aliphatic heterocycles. The van der Waals surface area contributed by atoms with Crippen molar-refractivity contribution < 1.29 is 9.53 Å². The van der Waals surface area contributed by atoms with E-state index in [1.54, 1.807) is 0 Å². The largest absolute Gasteiger partial charge is 0.381 e. The quantitative estimate of drug-likeness (QED) is 0.882. The van der Waals surface area contributed by atoms with Gasteiger partial charge in [0, 0.05) is 25.8 Å². The predicted molar refractivity (Wildman–Crippen MR) is 70.8 cm³/mol. The fourth-order valence-corrected chi connectivity index (χ4v) is 2.07. The van der Waals surface area contributed by atoms with Crippen LogP contribution in [0, 0.1) is 0 Å². The lowest BCUT2D eigenvalue weighted by Crippen LogP contribution is -2.14. The summed E-state index contributed by atoms with van der Waals surface area (Å²) in [6.45, 7) is 3.24. The molecule has 1 aliphatic rings. The number of ether oxygens (including phenoxy) is 1. The molecular weight excluding hydrogens is 238 g/mol. The van der Waals surface area contributed by atoms with Crippen molar-refractivity contribution in [1.29, 1.82) is 0 Å². The molecule has 94 valence electrons. The number of halogens is 1. The maximum atomic E-state index is 10.9. The molecule has 0 saturated carbocycles. The molecule has 0 atom stereocenters. The summed E-state index contributed by atoms with van der Waals surface area (Å²) in [5.41, 5.74) is 2.21. The maximum absolute atomic E-state index is 10.9. The maximum Gasteiger partial charge on any atom is 0.221 e. The predicted octanol–water partition coefficient (Wildman–Crippen LogP) is 2.96. The Morgan fingerprint density at radius 1 is 1.24 bits per heavy atom. The Labute approximate surface area is 108 Å². The average Bonchev–Trinajstić information content (AvgIpc) is 2.30. The van der Waals surface area contributed by atoms with Gasteiger partial charge in [0.25, 0.3) is 0 Å². The lowest BCUT2D eigenvalue weighted by Gasteiger charge is -2.22. The van der Waals surface area contributed by atoms with Crippen LogP contribution in [0.1, 0.15) is 31.2 Å². The highest BCUT2D eigenvalue weighted by Crippen LogP contribution is 2.27. The summed E-state index contributed by atoms with van der Waals surface area (Å²) >= 11 is 0. The second-order valence-electron chi connectivity index (χ2n) is 4.19. The third kappa shape index (κ3) is 4.02. The second-order valence-corrected chi connectivity index (χ2v) is 4.19. The number of anilines is 1. The molecular formula is C13H18ClNO2. The molecule has 1 N–H and O–H groups in total. The Kier molecular flexibility index (Phi) is 5.45. The van der Waals surface area contributed by atoms with E-state index in [0.29, 0.717) is 5.92 Å². The number of nitrogens with one attached hydrogen (secondary N) is 1. The van der Waals surface area contributed by atoms with Crippen LogP contribution in [0.2, 0.25) is 0 Å². The number of hydrogen-bond donors (Lipinski definition) is 1. The van der Waals surface area contributed by atoms with E-state index in [9.17, 15) is 4.79 Å². The summed E-state index contributed by atoms with van der Waals surface area (Å²) < 4.78 is 5.34. The SMILES string of the molecule is CC(=O)Nc1ccc(C2CCOCC2)cc1.Cl. The fourth-order valence-electron chi connectivity index (χ4n) is 2.07. The van der Waals surface area contributed by atoms with Gasteiger partial charge in [0.05, 0.1) is 0 Å². The van der Waals surface area contributed by atoms with E-state index < -0.39 is 0 Å². The smallest absolute Gasteiger partial charge is 0.221 e. The van der Waals surface area contributed by atoms with E-state index in [1.807, 2.05) is 12.1 Å². The normalized spacial score (nSPS) is 16.1. The number of carbonyl (C=O) groups is 1. The molecule has 0 spiro atoms. The molecule has 4 heteroatoms. The van der Waals surface area contributed by atoms with Gasteiger partial charge in [-0.1, -0.05) is 12.1 Å². The van der Waals surface area contributed by atoms with Crippen LogP contribution in [0.3, 0.4) is 0 Å². The Hall–Kier alpha value is -1.06. The summed E-state index contributed by atoms with van der Waals surface area (Å²) in [7, 11) is 0. The first kappa shape index (κ1) is 14.0. The van der Waals surface area contributed by atoms with Crippen LogP contribution in [-0.4, -0.2) is 19.1 Å². The van der Waals surface area contributed by atoms with Crippen LogP contribution in [0.15, 0.2) is 24.3 Å². The van der Waals surface area contributed by atoms with Crippen molar-refractivity contribution >= 4 is 24.0 Å². The highest BCUT2D eigenvalue weighted by Gasteiger charge is 2.15. The Morgan fingerprint density at radius 2 is 1.82 bits per heavy atom. The number of carbonyl (C=O) groups excluding carboxylic acids is 1. The van der Waals surface area contributed by atoms with Gasteiger partial charge in [-0.3, -0.25) is 4.79 Å².